The molecule has 4 rings (SSSR count). The highest BCUT2D eigenvalue weighted by atomic mass is 19.4. The molecule has 0 bridgehead atoms. The van der Waals surface area contributed by atoms with Crippen molar-refractivity contribution in [2.45, 2.75) is 135 Å². The van der Waals surface area contributed by atoms with Gasteiger partial charge in [-0.2, -0.15) is 13.2 Å². The van der Waals surface area contributed by atoms with Gasteiger partial charge in [0.15, 0.2) is 0 Å². The quantitative estimate of drug-likeness (QED) is 0.231. The summed E-state index contributed by atoms with van der Waals surface area (Å²) in [7, 11) is 0. The topological polar surface area (TPSA) is 9.23 Å². The Bertz CT molecular complexity index is 657. The van der Waals surface area contributed by atoms with E-state index in [0.717, 1.165) is 36.0 Å². The van der Waals surface area contributed by atoms with E-state index in [-0.39, 0.29) is 6.08 Å². The predicted molar refractivity (Wildman–Crippen MR) is 138 cm³/mol. The molecule has 0 N–H and O–H groups in total. The molecule has 4 fully saturated rings. The second kappa shape index (κ2) is 13.5. The molecular weight excluding hydrogens is 464 g/mol. The van der Waals surface area contributed by atoms with E-state index in [2.05, 4.69) is 6.92 Å². The van der Waals surface area contributed by atoms with Gasteiger partial charge in [0, 0.05) is 0 Å². The van der Waals surface area contributed by atoms with Crippen LogP contribution in [0.5, 0.6) is 0 Å². The van der Waals surface area contributed by atoms with Crippen molar-refractivity contribution in [3.8, 4) is 0 Å². The van der Waals surface area contributed by atoms with E-state index in [1.54, 1.807) is 0 Å². The van der Waals surface area contributed by atoms with E-state index in [0.29, 0.717) is 24.9 Å². The largest absolute Gasteiger partial charge is 0.412 e. The Morgan fingerprint density at radius 3 is 1.53 bits per heavy atom. The minimum atomic E-state index is -4.62. The monoisotopic (exact) mass is 514 g/mol. The Hall–Kier alpha value is -0.580. The van der Waals surface area contributed by atoms with Gasteiger partial charge in [-0.1, -0.05) is 45.4 Å². The molecule has 1 nitrogen and oxygen atoms in total. The lowest BCUT2D eigenvalue weighted by molar-refractivity contribution is -0.0856. The molecule has 0 aromatic carbocycles. The zero-order chi connectivity index (χ0) is 25.5. The summed E-state index contributed by atoms with van der Waals surface area (Å²) in [6.45, 7) is 2.71. The first kappa shape index (κ1) is 28.4. The van der Waals surface area contributed by atoms with Crippen molar-refractivity contribution in [3.63, 3.8) is 0 Å². The fraction of sp³-hybridized carbons (Fsp3) is 0.935. The molecule has 3 saturated carbocycles. The second-order valence-electron chi connectivity index (χ2n) is 12.9. The summed E-state index contributed by atoms with van der Waals surface area (Å²) in [5, 5.41) is 0. The standard InChI is InChI=1S/C31H50F4O/c1-2-3-4-5-22-6-8-23(9-7-22)24-10-12-25(13-11-24)26-14-16-27(17-15-26)28-18-19-30(36-21-28)29(32)20-31(33,34)35/h20,22-28,30H,2-19,21H2,1H3/b29-20-. The normalized spacial score (nSPS) is 39.2. The summed E-state index contributed by atoms with van der Waals surface area (Å²) >= 11 is 0. The third-order valence-corrected chi connectivity index (χ3v) is 10.7. The number of hydrogen-bond donors (Lipinski definition) is 0. The van der Waals surface area contributed by atoms with E-state index < -0.39 is 18.1 Å². The number of ether oxygens (including phenoxy) is 1. The smallest absolute Gasteiger partial charge is 0.371 e. The van der Waals surface area contributed by atoms with Gasteiger partial charge in [-0.15, -0.1) is 0 Å². The number of hydrogen-bond acceptors (Lipinski definition) is 1. The molecule has 208 valence electrons. The molecule has 0 aromatic heterocycles. The number of halogens is 4. The molecule has 0 amide bonds. The molecule has 1 aliphatic heterocycles. The van der Waals surface area contributed by atoms with Crippen molar-refractivity contribution in [3.05, 3.63) is 11.9 Å². The molecular formula is C31H50F4O. The maximum absolute atomic E-state index is 13.8. The van der Waals surface area contributed by atoms with Gasteiger partial charge >= 0.3 is 6.18 Å². The van der Waals surface area contributed by atoms with Crippen molar-refractivity contribution in [2.24, 2.45) is 41.4 Å². The van der Waals surface area contributed by atoms with Gasteiger partial charge in [-0.05, 0) is 118 Å². The van der Waals surface area contributed by atoms with Gasteiger partial charge in [0.25, 0.3) is 0 Å². The Balaban J connectivity index is 1.12. The number of unbranched alkanes of at least 4 members (excludes halogenated alkanes) is 2. The second-order valence-corrected chi connectivity index (χ2v) is 12.9. The van der Waals surface area contributed by atoms with Crippen LogP contribution in [0.1, 0.15) is 122 Å². The van der Waals surface area contributed by atoms with Crippen molar-refractivity contribution in [2.75, 3.05) is 6.61 Å². The Morgan fingerprint density at radius 1 is 0.667 bits per heavy atom. The first-order valence-electron chi connectivity index (χ1n) is 15.4. The molecule has 0 spiro atoms. The van der Waals surface area contributed by atoms with Crippen LogP contribution in [-0.4, -0.2) is 18.9 Å². The van der Waals surface area contributed by atoms with E-state index in [9.17, 15) is 17.6 Å². The number of allylic oxidation sites excluding steroid dienone is 1. The minimum absolute atomic E-state index is 0.239. The lowest BCUT2D eigenvalue weighted by Crippen LogP contribution is -2.34. The van der Waals surface area contributed by atoms with Gasteiger partial charge in [0.2, 0.25) is 0 Å². The fourth-order valence-electron chi connectivity index (χ4n) is 8.42. The van der Waals surface area contributed by atoms with Gasteiger partial charge in [-0.3, -0.25) is 0 Å². The van der Waals surface area contributed by atoms with Crippen molar-refractivity contribution in [1.82, 2.24) is 0 Å². The SMILES string of the molecule is CCCCCC1CCC(C2CCC(C3CCC(C4CCC(/C(F)=C/C(F)(F)F)OC4)CC3)CC2)CC1. The van der Waals surface area contributed by atoms with Gasteiger partial charge in [0.05, 0.1) is 12.7 Å². The molecule has 2 atom stereocenters. The molecule has 1 saturated heterocycles. The molecule has 5 heteroatoms. The summed E-state index contributed by atoms with van der Waals surface area (Å²) in [6.07, 6.45) is 17.6. The summed E-state index contributed by atoms with van der Waals surface area (Å²) in [5.41, 5.74) is 0. The van der Waals surface area contributed by atoms with Gasteiger partial charge < -0.3 is 4.74 Å². The number of rotatable bonds is 8. The maximum Gasteiger partial charge on any atom is 0.412 e. The average molecular weight is 515 g/mol. The molecule has 0 radical (unpaired) electrons. The van der Waals surface area contributed by atoms with Crippen LogP contribution >= 0.6 is 0 Å². The molecule has 1 heterocycles. The molecule has 3 aliphatic carbocycles. The van der Waals surface area contributed by atoms with Crippen LogP contribution in [0.25, 0.3) is 0 Å². The van der Waals surface area contributed by atoms with Crippen LogP contribution < -0.4 is 0 Å². The van der Waals surface area contributed by atoms with E-state index in [1.807, 2.05) is 0 Å². The van der Waals surface area contributed by atoms with Crippen molar-refractivity contribution < 1.29 is 22.3 Å². The summed E-state index contributed by atoms with van der Waals surface area (Å²) in [4.78, 5) is 0. The first-order valence-corrected chi connectivity index (χ1v) is 15.4. The minimum Gasteiger partial charge on any atom is -0.371 e. The van der Waals surface area contributed by atoms with Crippen LogP contribution in [0.15, 0.2) is 11.9 Å². The fourth-order valence-corrected chi connectivity index (χ4v) is 8.42. The first-order chi connectivity index (χ1) is 17.3. The van der Waals surface area contributed by atoms with Crippen LogP contribution in [0.3, 0.4) is 0 Å². The Kier molecular flexibility index (Phi) is 10.6. The number of alkyl halides is 3. The highest BCUT2D eigenvalue weighted by molar-refractivity contribution is 5.04. The Labute approximate surface area is 217 Å². The van der Waals surface area contributed by atoms with E-state index >= 15 is 0 Å². The van der Waals surface area contributed by atoms with Gasteiger partial charge in [-0.25, -0.2) is 4.39 Å². The third-order valence-electron chi connectivity index (χ3n) is 10.7. The van der Waals surface area contributed by atoms with Crippen molar-refractivity contribution >= 4 is 0 Å². The van der Waals surface area contributed by atoms with Crippen LogP contribution in [0.2, 0.25) is 0 Å². The van der Waals surface area contributed by atoms with Crippen LogP contribution in [0.4, 0.5) is 17.6 Å². The highest BCUT2D eigenvalue weighted by Gasteiger charge is 2.38. The summed E-state index contributed by atoms with van der Waals surface area (Å²) < 4.78 is 56.7. The lowest BCUT2D eigenvalue weighted by Gasteiger charge is -2.43. The summed E-state index contributed by atoms with van der Waals surface area (Å²) in [6, 6.07) is 0. The lowest BCUT2D eigenvalue weighted by atomic mass is 9.64. The molecule has 36 heavy (non-hydrogen) atoms. The van der Waals surface area contributed by atoms with Crippen LogP contribution in [0, 0.1) is 41.4 Å². The maximum atomic E-state index is 13.8. The third kappa shape index (κ3) is 8.21. The zero-order valence-corrected chi connectivity index (χ0v) is 22.6. The zero-order valence-electron chi connectivity index (χ0n) is 22.6. The summed E-state index contributed by atoms with van der Waals surface area (Å²) in [5.74, 6) is 4.57. The van der Waals surface area contributed by atoms with E-state index in [1.165, 1.54) is 103 Å². The van der Waals surface area contributed by atoms with Gasteiger partial charge in [0.1, 0.15) is 11.9 Å². The van der Waals surface area contributed by atoms with E-state index in [4.69, 9.17) is 4.74 Å². The average Bonchev–Trinajstić information content (AvgIpc) is 2.89. The molecule has 2 unspecified atom stereocenters. The predicted octanol–water partition coefficient (Wildman–Crippen LogP) is 10.2. The Morgan fingerprint density at radius 2 is 1.11 bits per heavy atom. The molecule has 0 aromatic rings. The highest BCUT2D eigenvalue weighted by Crippen LogP contribution is 2.47. The molecule has 4 aliphatic rings. The van der Waals surface area contributed by atoms with Crippen molar-refractivity contribution in [1.29, 1.82) is 0 Å². The van der Waals surface area contributed by atoms with Crippen LogP contribution in [-0.2, 0) is 4.74 Å².